The van der Waals surface area contributed by atoms with Gasteiger partial charge in [0.2, 0.25) is 0 Å². The highest BCUT2D eigenvalue weighted by Gasteiger charge is 2.25. The first kappa shape index (κ1) is 25.5. The Hall–Kier alpha value is -2.57. The first-order chi connectivity index (χ1) is 16.8. The van der Waals surface area contributed by atoms with Crippen LogP contribution in [0.4, 0.5) is 10.5 Å². The zero-order valence-electron chi connectivity index (χ0n) is 18.5. The van der Waals surface area contributed by atoms with E-state index in [0.717, 1.165) is 27.5 Å². The first-order valence-corrected chi connectivity index (χ1v) is 13.0. The van der Waals surface area contributed by atoms with Gasteiger partial charge in [0, 0.05) is 40.9 Å². The van der Waals surface area contributed by atoms with Crippen LogP contribution in [0.3, 0.4) is 0 Å². The number of carbonyl (C=O) groups is 2. The van der Waals surface area contributed by atoms with Gasteiger partial charge in [-0.05, 0) is 74.7 Å². The Labute approximate surface area is 222 Å². The van der Waals surface area contributed by atoms with E-state index in [1.807, 2.05) is 30.5 Å². The molecule has 182 valence electrons. The van der Waals surface area contributed by atoms with Crippen LogP contribution in [0.2, 0.25) is 0 Å². The highest BCUT2D eigenvalue weighted by molar-refractivity contribution is 9.11. The summed E-state index contributed by atoms with van der Waals surface area (Å²) in [5, 5.41) is 24.1. The quantitative estimate of drug-likeness (QED) is 0.323. The predicted molar refractivity (Wildman–Crippen MR) is 142 cm³/mol. The van der Waals surface area contributed by atoms with Crippen LogP contribution in [-0.4, -0.2) is 58.4 Å². The number of halogens is 2. The molecular formula is C24H21Br2N3O5S. The van der Waals surface area contributed by atoms with Crippen molar-refractivity contribution in [1.29, 1.82) is 0 Å². The maximum absolute atomic E-state index is 12.7. The van der Waals surface area contributed by atoms with Crippen molar-refractivity contribution in [3.05, 3.63) is 60.8 Å². The van der Waals surface area contributed by atoms with E-state index >= 15 is 0 Å². The van der Waals surface area contributed by atoms with Gasteiger partial charge in [0.15, 0.2) is 5.75 Å². The van der Waals surface area contributed by atoms with Crippen LogP contribution >= 0.6 is 43.2 Å². The summed E-state index contributed by atoms with van der Waals surface area (Å²) in [5.41, 5.74) is 4.52. The van der Waals surface area contributed by atoms with E-state index in [9.17, 15) is 9.59 Å². The second kappa shape index (κ2) is 11.0. The maximum Gasteiger partial charge on any atom is 0.415 e. The zero-order chi connectivity index (χ0) is 25.1. The van der Waals surface area contributed by atoms with Crippen molar-refractivity contribution in [3.63, 3.8) is 0 Å². The summed E-state index contributed by atoms with van der Waals surface area (Å²) in [6, 6.07) is 9.23. The van der Waals surface area contributed by atoms with E-state index < -0.39 is 6.09 Å². The molecule has 1 aliphatic heterocycles. The van der Waals surface area contributed by atoms with Crippen LogP contribution in [0.5, 0.6) is 5.75 Å². The number of benzene rings is 2. The Balaban J connectivity index is 1.63. The molecule has 0 radical (unpaired) electrons. The van der Waals surface area contributed by atoms with Gasteiger partial charge in [-0.2, -0.15) is 0 Å². The molecule has 0 atom stereocenters. The van der Waals surface area contributed by atoms with Gasteiger partial charge in [-0.25, -0.2) is 9.78 Å². The molecule has 8 nitrogen and oxygen atoms in total. The Bertz CT molecular complexity index is 1300. The molecule has 35 heavy (non-hydrogen) atoms. The summed E-state index contributed by atoms with van der Waals surface area (Å²) in [5.74, 6) is 0.0356. The number of rotatable bonds is 7. The number of aromatic nitrogens is 1. The maximum atomic E-state index is 12.7. The highest BCUT2D eigenvalue weighted by Crippen LogP contribution is 2.39. The molecular weight excluding hydrogens is 602 g/mol. The van der Waals surface area contributed by atoms with E-state index in [1.165, 1.54) is 4.90 Å². The molecule has 2 aromatic carbocycles. The Morgan fingerprint density at radius 1 is 1.17 bits per heavy atom. The van der Waals surface area contributed by atoms with Crippen LogP contribution in [0, 0.1) is 6.92 Å². The van der Waals surface area contributed by atoms with E-state index in [2.05, 4.69) is 42.2 Å². The third kappa shape index (κ3) is 5.65. The number of nitrogens with zero attached hydrogens (tertiary/aromatic N) is 2. The highest BCUT2D eigenvalue weighted by atomic mass is 79.9. The lowest BCUT2D eigenvalue weighted by molar-refractivity contribution is -0.110. The third-order valence-corrected chi connectivity index (χ3v) is 7.19. The molecule has 4 rings (SSSR count). The monoisotopic (exact) mass is 621 g/mol. The zero-order valence-corrected chi connectivity index (χ0v) is 22.5. The number of ether oxygens (including phenoxy) is 1. The van der Waals surface area contributed by atoms with E-state index in [1.54, 1.807) is 29.5 Å². The fourth-order valence-electron chi connectivity index (χ4n) is 3.60. The number of carbonyl (C=O) groups excluding carboxylic acids is 2. The second-order valence-electron chi connectivity index (χ2n) is 7.64. The minimum absolute atomic E-state index is 0.0375. The molecule has 0 saturated carbocycles. The van der Waals surface area contributed by atoms with Crippen molar-refractivity contribution < 1.29 is 24.5 Å². The second-order valence-corrected chi connectivity index (χ2v) is 10.4. The number of aliphatic hydroxyl groups excluding tert-OH is 2. The Kier molecular flexibility index (Phi) is 8.02. The lowest BCUT2D eigenvalue weighted by Gasteiger charge is -2.20. The molecule has 0 bridgehead atoms. The molecule has 1 aromatic heterocycles. The summed E-state index contributed by atoms with van der Waals surface area (Å²) in [6.07, 6.45) is 1.07. The average molecular weight is 623 g/mol. The standard InChI is InChI=1S/C24H21Br2N3O5S/c1-13-27-21(12-35-13)15-2-3-20-16(11-15)17(23(32)28-20)8-14-9-18(25)22(19(26)10-14)34-24(33)29(4-6-30)5-7-31/h2-3,8-12,30-31H,4-7H2,1H3,(H,28,32). The van der Waals surface area contributed by atoms with Gasteiger partial charge < -0.3 is 25.2 Å². The topological polar surface area (TPSA) is 112 Å². The molecule has 2 amide bonds. The number of anilines is 1. The van der Waals surface area contributed by atoms with Crippen molar-refractivity contribution in [2.45, 2.75) is 6.92 Å². The smallest absolute Gasteiger partial charge is 0.408 e. The number of fused-ring (bicyclic) bond motifs is 1. The van der Waals surface area contributed by atoms with Crippen molar-refractivity contribution >= 4 is 72.5 Å². The van der Waals surface area contributed by atoms with E-state index in [0.29, 0.717) is 20.1 Å². The Morgan fingerprint density at radius 2 is 1.86 bits per heavy atom. The van der Waals surface area contributed by atoms with Crippen molar-refractivity contribution in [3.8, 4) is 17.0 Å². The van der Waals surface area contributed by atoms with Gasteiger partial charge in [-0.15, -0.1) is 11.3 Å². The number of amides is 2. The first-order valence-electron chi connectivity index (χ1n) is 10.6. The van der Waals surface area contributed by atoms with E-state index in [4.69, 9.17) is 14.9 Å². The van der Waals surface area contributed by atoms with E-state index in [-0.39, 0.29) is 38.0 Å². The summed E-state index contributed by atoms with van der Waals surface area (Å²) < 4.78 is 6.46. The summed E-state index contributed by atoms with van der Waals surface area (Å²) in [6.45, 7) is 1.52. The number of aliphatic hydroxyl groups is 2. The van der Waals surface area contributed by atoms with Gasteiger partial charge in [-0.3, -0.25) is 4.79 Å². The van der Waals surface area contributed by atoms with Gasteiger partial charge >= 0.3 is 6.09 Å². The normalized spacial score (nSPS) is 13.6. The molecule has 0 unspecified atom stereocenters. The van der Waals surface area contributed by atoms with Crippen LogP contribution in [0.1, 0.15) is 16.1 Å². The molecule has 11 heteroatoms. The molecule has 3 aromatic rings. The number of thiazole rings is 1. The van der Waals surface area contributed by atoms with Crippen molar-refractivity contribution in [1.82, 2.24) is 9.88 Å². The largest absolute Gasteiger partial charge is 0.415 e. The van der Waals surface area contributed by atoms with Gasteiger partial charge in [0.1, 0.15) is 0 Å². The molecule has 0 spiro atoms. The van der Waals surface area contributed by atoms with Crippen LogP contribution in [-0.2, 0) is 4.79 Å². The van der Waals surface area contributed by atoms with Crippen LogP contribution < -0.4 is 10.1 Å². The fraction of sp³-hybridized carbons (Fsp3) is 0.208. The third-order valence-electron chi connectivity index (χ3n) is 5.24. The number of hydrogen-bond donors (Lipinski definition) is 3. The lowest BCUT2D eigenvalue weighted by Crippen LogP contribution is -2.38. The SMILES string of the molecule is Cc1nc(-c2ccc3c(c2)C(=Cc2cc(Br)c(OC(=O)N(CCO)CCO)c(Br)c2)C(=O)N3)cs1. The summed E-state index contributed by atoms with van der Waals surface area (Å²) in [7, 11) is 0. The molecule has 0 saturated heterocycles. The number of aryl methyl sites for hydroxylation is 1. The van der Waals surface area contributed by atoms with Gasteiger partial charge in [-0.1, -0.05) is 6.07 Å². The van der Waals surface area contributed by atoms with Gasteiger partial charge in [0.25, 0.3) is 5.91 Å². The minimum Gasteiger partial charge on any atom is -0.408 e. The molecule has 3 N–H and O–H groups in total. The van der Waals surface area contributed by atoms with Crippen molar-refractivity contribution in [2.75, 3.05) is 31.6 Å². The fourth-order valence-corrected chi connectivity index (χ4v) is 5.61. The summed E-state index contributed by atoms with van der Waals surface area (Å²) >= 11 is 8.44. The van der Waals surface area contributed by atoms with Crippen LogP contribution in [0.25, 0.3) is 22.9 Å². The molecule has 2 heterocycles. The molecule has 0 aliphatic carbocycles. The van der Waals surface area contributed by atoms with Crippen LogP contribution in [0.15, 0.2) is 44.7 Å². The predicted octanol–water partition coefficient (Wildman–Crippen LogP) is 4.92. The molecule has 0 fully saturated rings. The summed E-state index contributed by atoms with van der Waals surface area (Å²) in [4.78, 5) is 30.9. The van der Waals surface area contributed by atoms with Crippen molar-refractivity contribution in [2.24, 2.45) is 0 Å². The number of hydrogen-bond acceptors (Lipinski definition) is 7. The van der Waals surface area contributed by atoms with Gasteiger partial charge in [0.05, 0.1) is 32.9 Å². The lowest BCUT2D eigenvalue weighted by atomic mass is 10.0. The average Bonchev–Trinajstić information content (AvgIpc) is 3.38. The number of nitrogens with one attached hydrogen (secondary N) is 1. The molecule has 1 aliphatic rings. The minimum atomic E-state index is -0.700. The Morgan fingerprint density at radius 3 is 2.46 bits per heavy atom.